The van der Waals surface area contributed by atoms with Crippen LogP contribution in [0.5, 0.6) is 0 Å². The van der Waals surface area contributed by atoms with Crippen LogP contribution < -0.4 is 5.32 Å². The van der Waals surface area contributed by atoms with Crippen LogP contribution in [0, 0.1) is 10.5 Å². The first kappa shape index (κ1) is 19.7. The van der Waals surface area contributed by atoms with Gasteiger partial charge in [-0.1, -0.05) is 17.7 Å². The second-order valence-electron chi connectivity index (χ2n) is 5.59. The van der Waals surface area contributed by atoms with Crippen LogP contribution in [0.1, 0.15) is 40.1 Å². The van der Waals surface area contributed by atoms with E-state index in [-0.39, 0.29) is 11.8 Å². The smallest absolute Gasteiger partial charge is 0.255 e. The molecule has 132 valence electrons. The summed E-state index contributed by atoms with van der Waals surface area (Å²) >= 11 is 8.46. The van der Waals surface area contributed by atoms with Gasteiger partial charge in [-0.15, -0.1) is 0 Å². The molecule has 2 rings (SSSR count). The van der Waals surface area contributed by atoms with E-state index in [2.05, 4.69) is 27.9 Å². The summed E-state index contributed by atoms with van der Waals surface area (Å²) < 4.78 is 1.03. The molecule has 0 atom stereocenters. The van der Waals surface area contributed by atoms with Gasteiger partial charge in [0, 0.05) is 27.9 Å². The van der Waals surface area contributed by atoms with E-state index in [9.17, 15) is 9.59 Å². The monoisotopic (exact) mass is 470 g/mol. The Kier molecular flexibility index (Phi) is 6.84. The molecular formula is C19H20ClIN2O2. The van der Waals surface area contributed by atoms with Gasteiger partial charge in [0.15, 0.2) is 0 Å². The molecular weight excluding hydrogens is 451 g/mol. The van der Waals surface area contributed by atoms with Crippen molar-refractivity contribution in [2.75, 3.05) is 18.4 Å². The van der Waals surface area contributed by atoms with E-state index >= 15 is 0 Å². The number of benzene rings is 2. The summed E-state index contributed by atoms with van der Waals surface area (Å²) in [6, 6.07) is 10.5. The third-order valence-electron chi connectivity index (χ3n) is 3.94. The second-order valence-corrected chi connectivity index (χ2v) is 7.16. The Bertz CT molecular complexity index is 804. The zero-order chi connectivity index (χ0) is 18.6. The Balaban J connectivity index is 2.18. The highest BCUT2D eigenvalue weighted by molar-refractivity contribution is 14.1. The van der Waals surface area contributed by atoms with Crippen molar-refractivity contribution in [3.63, 3.8) is 0 Å². The number of hydrogen-bond acceptors (Lipinski definition) is 2. The van der Waals surface area contributed by atoms with Gasteiger partial charge in [-0.3, -0.25) is 9.59 Å². The van der Waals surface area contributed by atoms with Gasteiger partial charge in [0.05, 0.1) is 10.6 Å². The Labute approximate surface area is 166 Å². The lowest BCUT2D eigenvalue weighted by molar-refractivity contribution is 0.0773. The summed E-state index contributed by atoms with van der Waals surface area (Å²) in [5, 5.41) is 3.14. The molecule has 0 fully saturated rings. The summed E-state index contributed by atoms with van der Waals surface area (Å²) in [5.41, 5.74) is 2.70. The lowest BCUT2D eigenvalue weighted by Crippen LogP contribution is -2.30. The van der Waals surface area contributed by atoms with Crippen LogP contribution in [-0.2, 0) is 0 Å². The van der Waals surface area contributed by atoms with Crippen LogP contribution in [0.25, 0.3) is 0 Å². The fourth-order valence-electron chi connectivity index (χ4n) is 2.38. The van der Waals surface area contributed by atoms with Crippen molar-refractivity contribution < 1.29 is 9.59 Å². The highest BCUT2D eigenvalue weighted by Gasteiger charge is 2.16. The normalized spacial score (nSPS) is 10.4. The fourth-order valence-corrected chi connectivity index (χ4v) is 3.16. The van der Waals surface area contributed by atoms with Gasteiger partial charge in [-0.05, 0) is 79.3 Å². The zero-order valence-electron chi connectivity index (χ0n) is 14.4. The van der Waals surface area contributed by atoms with Crippen LogP contribution in [0.15, 0.2) is 36.4 Å². The standard InChI is InChI=1S/C19H20ClIN2O2/c1-4-23(5-2)19(25)15-9-8-14(11-16(15)20)22-18(24)13-7-6-12(3)17(21)10-13/h6-11H,4-5H2,1-3H3,(H,22,24). The molecule has 2 aromatic rings. The Morgan fingerprint density at radius 1 is 1.12 bits per heavy atom. The minimum atomic E-state index is -0.211. The average molecular weight is 471 g/mol. The molecule has 0 aliphatic rings. The van der Waals surface area contributed by atoms with Gasteiger partial charge in [0.25, 0.3) is 11.8 Å². The molecule has 0 heterocycles. The number of rotatable bonds is 5. The predicted molar refractivity (Wildman–Crippen MR) is 111 cm³/mol. The molecule has 4 nitrogen and oxygen atoms in total. The number of nitrogens with zero attached hydrogens (tertiary/aromatic N) is 1. The Morgan fingerprint density at radius 2 is 1.80 bits per heavy atom. The molecule has 0 aliphatic heterocycles. The topological polar surface area (TPSA) is 49.4 Å². The van der Waals surface area contributed by atoms with Gasteiger partial charge in [0.2, 0.25) is 0 Å². The van der Waals surface area contributed by atoms with E-state index in [1.54, 1.807) is 29.2 Å². The number of nitrogens with one attached hydrogen (secondary N) is 1. The first-order chi connectivity index (χ1) is 11.9. The molecule has 2 aromatic carbocycles. The number of anilines is 1. The van der Waals surface area contributed by atoms with E-state index in [1.165, 1.54) is 0 Å². The van der Waals surface area contributed by atoms with Gasteiger partial charge in [-0.2, -0.15) is 0 Å². The van der Waals surface area contributed by atoms with Crippen molar-refractivity contribution >= 4 is 51.7 Å². The van der Waals surface area contributed by atoms with E-state index < -0.39 is 0 Å². The minimum Gasteiger partial charge on any atom is -0.339 e. The third-order valence-corrected chi connectivity index (χ3v) is 5.42. The summed E-state index contributed by atoms with van der Waals surface area (Å²) in [6.45, 7) is 7.08. The van der Waals surface area contributed by atoms with Crippen molar-refractivity contribution in [3.05, 3.63) is 61.7 Å². The molecule has 0 saturated heterocycles. The first-order valence-corrected chi connectivity index (χ1v) is 9.49. The number of hydrogen-bond donors (Lipinski definition) is 1. The van der Waals surface area contributed by atoms with Crippen LogP contribution in [0.2, 0.25) is 5.02 Å². The predicted octanol–water partition coefficient (Wildman–Crippen LogP) is 4.99. The van der Waals surface area contributed by atoms with Crippen LogP contribution in [0.4, 0.5) is 5.69 Å². The summed E-state index contributed by atoms with van der Waals surface area (Å²) in [5.74, 6) is -0.322. The molecule has 0 unspecified atom stereocenters. The quantitative estimate of drug-likeness (QED) is 0.626. The van der Waals surface area contributed by atoms with E-state index in [0.29, 0.717) is 34.9 Å². The van der Waals surface area contributed by atoms with Crippen molar-refractivity contribution in [2.45, 2.75) is 20.8 Å². The molecule has 0 aromatic heterocycles. The summed E-state index contributed by atoms with van der Waals surface area (Å²) in [6.07, 6.45) is 0. The number of halogens is 2. The van der Waals surface area contributed by atoms with Gasteiger partial charge in [0.1, 0.15) is 0 Å². The fraction of sp³-hybridized carbons (Fsp3) is 0.263. The minimum absolute atomic E-state index is 0.110. The molecule has 0 bridgehead atoms. The van der Waals surface area contributed by atoms with Crippen molar-refractivity contribution in [1.29, 1.82) is 0 Å². The lowest BCUT2D eigenvalue weighted by atomic mass is 10.1. The maximum atomic E-state index is 12.4. The maximum Gasteiger partial charge on any atom is 0.255 e. The molecule has 25 heavy (non-hydrogen) atoms. The van der Waals surface area contributed by atoms with Crippen molar-refractivity contribution in [1.82, 2.24) is 4.90 Å². The van der Waals surface area contributed by atoms with Gasteiger partial charge in [-0.25, -0.2) is 0 Å². The largest absolute Gasteiger partial charge is 0.339 e. The van der Waals surface area contributed by atoms with Crippen LogP contribution in [-0.4, -0.2) is 29.8 Å². The molecule has 0 spiro atoms. The molecule has 0 radical (unpaired) electrons. The summed E-state index contributed by atoms with van der Waals surface area (Å²) in [4.78, 5) is 26.5. The number of carbonyl (C=O) groups is 2. The van der Waals surface area contributed by atoms with E-state index in [4.69, 9.17) is 11.6 Å². The second kappa shape index (κ2) is 8.67. The molecule has 2 amide bonds. The van der Waals surface area contributed by atoms with Gasteiger partial charge < -0.3 is 10.2 Å². The first-order valence-electron chi connectivity index (χ1n) is 8.03. The highest BCUT2D eigenvalue weighted by atomic mass is 127. The lowest BCUT2D eigenvalue weighted by Gasteiger charge is -2.19. The van der Waals surface area contributed by atoms with E-state index in [0.717, 1.165) is 9.13 Å². The summed E-state index contributed by atoms with van der Waals surface area (Å²) in [7, 11) is 0. The Hall–Kier alpha value is -1.60. The zero-order valence-corrected chi connectivity index (χ0v) is 17.3. The van der Waals surface area contributed by atoms with Crippen LogP contribution in [0.3, 0.4) is 0 Å². The SMILES string of the molecule is CCN(CC)C(=O)c1ccc(NC(=O)c2ccc(C)c(I)c2)cc1Cl. The average Bonchev–Trinajstić information content (AvgIpc) is 2.58. The number of aryl methyl sites for hydroxylation is 1. The highest BCUT2D eigenvalue weighted by Crippen LogP contribution is 2.23. The third kappa shape index (κ3) is 4.73. The Morgan fingerprint density at radius 3 is 2.36 bits per heavy atom. The van der Waals surface area contributed by atoms with Gasteiger partial charge >= 0.3 is 0 Å². The molecule has 0 aliphatic carbocycles. The molecule has 1 N–H and O–H groups in total. The van der Waals surface area contributed by atoms with E-state index in [1.807, 2.05) is 32.9 Å². The molecule has 0 saturated carbocycles. The number of amides is 2. The maximum absolute atomic E-state index is 12.4. The van der Waals surface area contributed by atoms with Crippen molar-refractivity contribution in [3.8, 4) is 0 Å². The number of carbonyl (C=O) groups excluding carboxylic acids is 2. The van der Waals surface area contributed by atoms with Crippen LogP contribution >= 0.6 is 34.2 Å². The molecule has 6 heteroatoms. The van der Waals surface area contributed by atoms with Crippen molar-refractivity contribution in [2.24, 2.45) is 0 Å².